The normalized spacial score (nSPS) is 20.4. The van der Waals surface area contributed by atoms with Crippen molar-refractivity contribution in [2.75, 3.05) is 18.0 Å². The maximum atomic E-state index is 5.78. The van der Waals surface area contributed by atoms with E-state index in [1.54, 1.807) is 0 Å². The molecule has 1 aromatic carbocycles. The smallest absolute Gasteiger partial charge is 0.0411 e. The van der Waals surface area contributed by atoms with Gasteiger partial charge in [0.1, 0.15) is 0 Å². The molecular formula is C14H22N2. The first-order chi connectivity index (χ1) is 7.85. The molecule has 16 heavy (non-hydrogen) atoms. The second-order valence-electron chi connectivity index (χ2n) is 4.72. The van der Waals surface area contributed by atoms with Crippen molar-refractivity contribution in [3.63, 3.8) is 0 Å². The van der Waals surface area contributed by atoms with Gasteiger partial charge < -0.3 is 10.6 Å². The van der Waals surface area contributed by atoms with Crippen molar-refractivity contribution in [3.8, 4) is 0 Å². The van der Waals surface area contributed by atoms with Crippen molar-refractivity contribution in [2.45, 2.75) is 32.7 Å². The van der Waals surface area contributed by atoms with Crippen LogP contribution in [-0.2, 0) is 6.54 Å². The van der Waals surface area contributed by atoms with E-state index in [1.165, 1.54) is 43.6 Å². The van der Waals surface area contributed by atoms with Crippen LogP contribution >= 0.6 is 0 Å². The van der Waals surface area contributed by atoms with Gasteiger partial charge in [-0.2, -0.15) is 0 Å². The molecule has 88 valence electrons. The lowest BCUT2D eigenvalue weighted by Crippen LogP contribution is -2.21. The van der Waals surface area contributed by atoms with Gasteiger partial charge in [-0.3, -0.25) is 0 Å². The molecule has 0 radical (unpaired) electrons. The van der Waals surface area contributed by atoms with Gasteiger partial charge in [-0.1, -0.05) is 31.5 Å². The average molecular weight is 218 g/mol. The van der Waals surface area contributed by atoms with Crippen LogP contribution in [0.3, 0.4) is 0 Å². The van der Waals surface area contributed by atoms with Crippen LogP contribution in [0.2, 0.25) is 0 Å². The van der Waals surface area contributed by atoms with E-state index in [4.69, 9.17) is 5.73 Å². The van der Waals surface area contributed by atoms with Crippen molar-refractivity contribution >= 4 is 5.69 Å². The first-order valence-electron chi connectivity index (χ1n) is 6.38. The van der Waals surface area contributed by atoms with Crippen LogP contribution in [0.5, 0.6) is 0 Å². The van der Waals surface area contributed by atoms with Crippen molar-refractivity contribution < 1.29 is 0 Å². The fraction of sp³-hybridized carbons (Fsp3) is 0.571. The molecule has 0 bridgehead atoms. The summed E-state index contributed by atoms with van der Waals surface area (Å²) in [5.74, 6) is 0.885. The Morgan fingerprint density at radius 3 is 2.94 bits per heavy atom. The second-order valence-corrected chi connectivity index (χ2v) is 4.72. The molecule has 1 unspecified atom stereocenters. The molecule has 0 aliphatic carbocycles. The van der Waals surface area contributed by atoms with Crippen LogP contribution in [0.25, 0.3) is 0 Å². The minimum absolute atomic E-state index is 0.644. The summed E-state index contributed by atoms with van der Waals surface area (Å²) in [6, 6.07) is 8.53. The number of hydrogen-bond donors (Lipinski definition) is 1. The zero-order valence-electron chi connectivity index (χ0n) is 10.2. The summed E-state index contributed by atoms with van der Waals surface area (Å²) in [6.07, 6.45) is 4.01. The largest absolute Gasteiger partial charge is 0.371 e. The Morgan fingerprint density at radius 1 is 1.38 bits per heavy atom. The van der Waals surface area contributed by atoms with E-state index in [-0.39, 0.29) is 0 Å². The summed E-state index contributed by atoms with van der Waals surface area (Å²) in [5.41, 5.74) is 8.41. The van der Waals surface area contributed by atoms with Gasteiger partial charge in [0.2, 0.25) is 0 Å². The highest BCUT2D eigenvalue weighted by Gasteiger charge is 2.22. The molecule has 1 fully saturated rings. The Balaban J connectivity index is 2.08. The maximum Gasteiger partial charge on any atom is 0.0411 e. The molecule has 2 heteroatoms. The predicted molar refractivity (Wildman–Crippen MR) is 69.6 cm³/mol. The predicted octanol–water partition coefficient (Wildman–Crippen LogP) is 2.77. The van der Waals surface area contributed by atoms with Crippen LogP contribution < -0.4 is 10.6 Å². The van der Waals surface area contributed by atoms with E-state index in [0.717, 1.165) is 5.92 Å². The summed E-state index contributed by atoms with van der Waals surface area (Å²) in [4.78, 5) is 2.50. The third kappa shape index (κ3) is 2.38. The molecule has 1 aromatic rings. The van der Waals surface area contributed by atoms with E-state index in [9.17, 15) is 0 Å². The molecule has 0 amide bonds. The molecule has 2 N–H and O–H groups in total. The number of nitrogens with two attached hydrogens (primary N) is 1. The first-order valence-corrected chi connectivity index (χ1v) is 6.38. The van der Waals surface area contributed by atoms with E-state index in [0.29, 0.717) is 6.54 Å². The summed E-state index contributed by atoms with van der Waals surface area (Å²) in [7, 11) is 0. The number of anilines is 1. The van der Waals surface area contributed by atoms with Gasteiger partial charge >= 0.3 is 0 Å². The van der Waals surface area contributed by atoms with Crippen molar-refractivity contribution in [3.05, 3.63) is 29.8 Å². The van der Waals surface area contributed by atoms with Crippen LogP contribution in [0.15, 0.2) is 24.3 Å². The fourth-order valence-corrected chi connectivity index (χ4v) is 2.69. The molecule has 1 saturated heterocycles. The Kier molecular flexibility index (Phi) is 3.83. The Hall–Kier alpha value is -1.02. The molecule has 1 aliphatic heterocycles. The summed E-state index contributed by atoms with van der Waals surface area (Å²) in [6.45, 7) is 5.33. The summed E-state index contributed by atoms with van der Waals surface area (Å²) < 4.78 is 0. The van der Waals surface area contributed by atoms with Gasteiger partial charge in [-0.15, -0.1) is 0 Å². The van der Waals surface area contributed by atoms with Gasteiger partial charge in [0.25, 0.3) is 0 Å². The Labute approximate surface area is 98.4 Å². The van der Waals surface area contributed by atoms with E-state index >= 15 is 0 Å². The average Bonchev–Trinajstić information content (AvgIpc) is 2.78. The molecule has 1 heterocycles. The lowest BCUT2D eigenvalue weighted by atomic mass is 10.0. The van der Waals surface area contributed by atoms with E-state index in [1.807, 2.05) is 0 Å². The number of nitrogens with zero attached hydrogens (tertiary/aromatic N) is 1. The minimum Gasteiger partial charge on any atom is -0.371 e. The maximum absolute atomic E-state index is 5.78. The van der Waals surface area contributed by atoms with Gasteiger partial charge in [0, 0.05) is 25.3 Å². The Bertz CT molecular complexity index is 335. The highest BCUT2D eigenvalue weighted by atomic mass is 15.2. The van der Waals surface area contributed by atoms with Gasteiger partial charge in [-0.05, 0) is 30.4 Å². The molecule has 2 rings (SSSR count). The monoisotopic (exact) mass is 218 g/mol. The lowest BCUT2D eigenvalue weighted by molar-refractivity contribution is 0.529. The van der Waals surface area contributed by atoms with Crippen molar-refractivity contribution in [2.24, 2.45) is 11.7 Å². The molecule has 1 aliphatic rings. The lowest BCUT2D eigenvalue weighted by Gasteiger charge is -2.21. The van der Waals surface area contributed by atoms with Crippen LogP contribution in [0, 0.1) is 5.92 Å². The molecule has 0 saturated carbocycles. The van der Waals surface area contributed by atoms with Gasteiger partial charge in [0.05, 0.1) is 0 Å². The van der Waals surface area contributed by atoms with Crippen LogP contribution in [-0.4, -0.2) is 13.1 Å². The van der Waals surface area contributed by atoms with Gasteiger partial charge in [-0.25, -0.2) is 0 Å². The van der Waals surface area contributed by atoms with Crippen LogP contribution in [0.1, 0.15) is 31.7 Å². The molecule has 1 atom stereocenters. The zero-order valence-corrected chi connectivity index (χ0v) is 10.2. The SMILES string of the molecule is CCCC1CCN(c2ccccc2CN)C1. The third-order valence-electron chi connectivity index (χ3n) is 3.53. The molecular weight excluding hydrogens is 196 g/mol. The molecule has 2 nitrogen and oxygen atoms in total. The number of para-hydroxylation sites is 1. The van der Waals surface area contributed by atoms with Crippen molar-refractivity contribution in [1.29, 1.82) is 0 Å². The van der Waals surface area contributed by atoms with Crippen molar-refractivity contribution in [1.82, 2.24) is 0 Å². The third-order valence-corrected chi connectivity index (χ3v) is 3.53. The fourth-order valence-electron chi connectivity index (χ4n) is 2.69. The molecule has 0 spiro atoms. The van der Waals surface area contributed by atoms with Gasteiger partial charge in [0.15, 0.2) is 0 Å². The zero-order chi connectivity index (χ0) is 11.4. The molecule has 0 aromatic heterocycles. The summed E-state index contributed by atoms with van der Waals surface area (Å²) in [5, 5.41) is 0. The summed E-state index contributed by atoms with van der Waals surface area (Å²) >= 11 is 0. The number of hydrogen-bond acceptors (Lipinski definition) is 2. The van der Waals surface area contributed by atoms with E-state index in [2.05, 4.69) is 36.1 Å². The topological polar surface area (TPSA) is 29.3 Å². The highest BCUT2D eigenvalue weighted by Crippen LogP contribution is 2.28. The quantitative estimate of drug-likeness (QED) is 0.842. The first kappa shape index (κ1) is 11.5. The Morgan fingerprint density at radius 2 is 2.19 bits per heavy atom. The van der Waals surface area contributed by atoms with E-state index < -0.39 is 0 Å². The highest BCUT2D eigenvalue weighted by molar-refractivity contribution is 5.54. The minimum atomic E-state index is 0.644. The van der Waals surface area contributed by atoms with Crippen LogP contribution in [0.4, 0.5) is 5.69 Å². The standard InChI is InChI=1S/C14H22N2/c1-2-5-12-8-9-16(11-12)14-7-4-3-6-13(14)10-15/h3-4,6-7,12H,2,5,8-11,15H2,1H3. The second kappa shape index (κ2) is 5.35. The number of rotatable bonds is 4. The number of benzene rings is 1.